The van der Waals surface area contributed by atoms with Gasteiger partial charge in [0.05, 0.1) is 5.41 Å². The molecular weight excluding hydrogens is 288 g/mol. The third-order valence-electron chi connectivity index (χ3n) is 4.63. The van der Waals surface area contributed by atoms with E-state index in [1.54, 1.807) is 30.5 Å². The molecule has 1 rings (SSSR count). The predicted octanol–water partition coefficient (Wildman–Crippen LogP) is 2.61. The molecule has 1 fully saturated rings. The van der Waals surface area contributed by atoms with Crippen molar-refractivity contribution in [3.8, 4) is 0 Å². The predicted molar refractivity (Wildman–Crippen MR) is 86.7 cm³/mol. The van der Waals surface area contributed by atoms with E-state index < -0.39 is 11.4 Å². The van der Waals surface area contributed by atoms with Gasteiger partial charge in [-0.05, 0) is 45.8 Å². The first-order valence-electron chi connectivity index (χ1n) is 7.45. The number of carboxylic acid groups (broad SMARTS) is 1. The Morgan fingerprint density at radius 1 is 1.48 bits per heavy atom. The second kappa shape index (κ2) is 7.38. The summed E-state index contributed by atoms with van der Waals surface area (Å²) in [5, 5.41) is 9.37. The Bertz CT molecular complexity index is 387. The number of carboxylic acids is 1. The zero-order chi connectivity index (χ0) is 16.2. The Morgan fingerprint density at radius 2 is 2.10 bits per heavy atom. The van der Waals surface area contributed by atoms with E-state index in [9.17, 15) is 14.7 Å². The molecule has 6 heteroatoms. The summed E-state index contributed by atoms with van der Waals surface area (Å²) in [7, 11) is 1.83. The Balaban J connectivity index is 2.72. The fraction of sp³-hybridized carbons (Fsp3) is 0.867. The van der Waals surface area contributed by atoms with Crippen molar-refractivity contribution in [3.05, 3.63) is 0 Å². The van der Waals surface area contributed by atoms with Crippen molar-refractivity contribution in [1.82, 2.24) is 9.80 Å². The minimum atomic E-state index is -0.789. The van der Waals surface area contributed by atoms with Crippen LogP contribution in [0, 0.1) is 11.3 Å². The summed E-state index contributed by atoms with van der Waals surface area (Å²) >= 11 is 1.72. The van der Waals surface area contributed by atoms with Crippen molar-refractivity contribution in [2.75, 3.05) is 32.1 Å². The summed E-state index contributed by atoms with van der Waals surface area (Å²) in [5.41, 5.74) is -0.789. The summed E-state index contributed by atoms with van der Waals surface area (Å²) in [6.45, 7) is 6.81. The number of carbonyl (C=O) groups excluding carboxylic acids is 1. The van der Waals surface area contributed by atoms with Gasteiger partial charge in [0.1, 0.15) is 0 Å². The maximum atomic E-state index is 12.6. The number of nitrogens with zero attached hydrogens (tertiary/aromatic N) is 2. The molecule has 0 radical (unpaired) electrons. The Morgan fingerprint density at radius 3 is 2.62 bits per heavy atom. The largest absolute Gasteiger partial charge is 0.481 e. The van der Waals surface area contributed by atoms with Crippen LogP contribution >= 0.6 is 11.8 Å². The van der Waals surface area contributed by atoms with E-state index in [0.717, 1.165) is 25.1 Å². The molecule has 0 bridgehead atoms. The lowest BCUT2D eigenvalue weighted by Crippen LogP contribution is -2.52. The van der Waals surface area contributed by atoms with Gasteiger partial charge in [0.15, 0.2) is 0 Å². The van der Waals surface area contributed by atoms with Crippen LogP contribution in [0.4, 0.5) is 4.79 Å². The molecule has 1 saturated heterocycles. The molecule has 0 aromatic rings. The lowest BCUT2D eigenvalue weighted by molar-refractivity contribution is -0.151. The van der Waals surface area contributed by atoms with Gasteiger partial charge < -0.3 is 14.9 Å². The number of thioether (sulfide) groups is 1. The number of likely N-dealkylation sites (tertiary alicyclic amines) is 1. The normalized spacial score (nSPS) is 21.0. The quantitative estimate of drug-likeness (QED) is 0.847. The van der Waals surface area contributed by atoms with Gasteiger partial charge in [0.25, 0.3) is 0 Å². The SMILES string of the molecule is CSCC(C)N(C)C(=O)N1CCCC(C(C)(C)C(=O)O)C1. The lowest BCUT2D eigenvalue weighted by atomic mass is 9.74. The van der Waals surface area contributed by atoms with Gasteiger partial charge in [-0.25, -0.2) is 4.79 Å². The lowest BCUT2D eigenvalue weighted by Gasteiger charge is -2.41. The maximum Gasteiger partial charge on any atom is 0.320 e. The van der Waals surface area contributed by atoms with Crippen molar-refractivity contribution >= 4 is 23.8 Å². The summed E-state index contributed by atoms with van der Waals surface area (Å²) in [6, 6.07) is 0.197. The summed E-state index contributed by atoms with van der Waals surface area (Å²) in [5.74, 6) is 0.128. The first kappa shape index (κ1) is 18.1. The van der Waals surface area contributed by atoms with Crippen LogP contribution < -0.4 is 0 Å². The second-order valence-electron chi connectivity index (χ2n) is 6.51. The van der Waals surface area contributed by atoms with Gasteiger partial charge in [-0.1, -0.05) is 0 Å². The van der Waals surface area contributed by atoms with E-state index in [2.05, 4.69) is 0 Å². The molecule has 0 aliphatic carbocycles. The fourth-order valence-corrected chi connectivity index (χ4v) is 3.39. The van der Waals surface area contributed by atoms with E-state index in [4.69, 9.17) is 0 Å². The van der Waals surface area contributed by atoms with E-state index in [1.807, 2.05) is 25.1 Å². The van der Waals surface area contributed by atoms with E-state index >= 15 is 0 Å². The second-order valence-corrected chi connectivity index (χ2v) is 7.42. The highest BCUT2D eigenvalue weighted by Gasteiger charge is 2.40. The fourth-order valence-electron chi connectivity index (χ4n) is 2.68. The molecule has 5 nitrogen and oxygen atoms in total. The van der Waals surface area contributed by atoms with Gasteiger partial charge in [-0.2, -0.15) is 11.8 Å². The molecule has 1 aliphatic rings. The molecule has 0 aromatic carbocycles. The van der Waals surface area contributed by atoms with Crippen LogP contribution in [0.5, 0.6) is 0 Å². The average Bonchev–Trinajstić information content (AvgIpc) is 2.45. The molecule has 122 valence electrons. The standard InChI is InChI=1S/C15H28N2O3S/c1-11(10-21-5)16(4)14(20)17-8-6-7-12(9-17)15(2,3)13(18)19/h11-12H,6-10H2,1-5H3,(H,18,19). The minimum Gasteiger partial charge on any atom is -0.481 e. The Labute approximate surface area is 132 Å². The van der Waals surface area contributed by atoms with Crippen LogP contribution in [-0.2, 0) is 4.79 Å². The molecule has 21 heavy (non-hydrogen) atoms. The highest BCUT2D eigenvalue weighted by Crippen LogP contribution is 2.34. The van der Waals surface area contributed by atoms with Crippen molar-refractivity contribution in [3.63, 3.8) is 0 Å². The number of hydrogen-bond acceptors (Lipinski definition) is 3. The van der Waals surface area contributed by atoms with Crippen molar-refractivity contribution < 1.29 is 14.7 Å². The van der Waals surface area contributed by atoms with Crippen molar-refractivity contribution in [1.29, 1.82) is 0 Å². The van der Waals surface area contributed by atoms with Crippen LogP contribution in [0.3, 0.4) is 0 Å². The van der Waals surface area contributed by atoms with Gasteiger partial charge in [0.2, 0.25) is 0 Å². The topological polar surface area (TPSA) is 60.9 Å². The molecule has 1 N–H and O–H groups in total. The first-order chi connectivity index (χ1) is 9.71. The summed E-state index contributed by atoms with van der Waals surface area (Å²) in [4.78, 5) is 27.5. The summed E-state index contributed by atoms with van der Waals surface area (Å²) < 4.78 is 0. The molecule has 2 unspecified atom stereocenters. The number of urea groups is 1. The first-order valence-corrected chi connectivity index (χ1v) is 8.85. The van der Waals surface area contributed by atoms with Crippen LogP contribution in [0.15, 0.2) is 0 Å². The van der Waals surface area contributed by atoms with E-state index in [1.165, 1.54) is 0 Å². The van der Waals surface area contributed by atoms with Crippen LogP contribution in [0.2, 0.25) is 0 Å². The summed E-state index contributed by atoms with van der Waals surface area (Å²) in [6.07, 6.45) is 3.77. The third-order valence-corrected chi connectivity index (χ3v) is 5.45. The maximum absolute atomic E-state index is 12.6. The van der Waals surface area contributed by atoms with E-state index in [-0.39, 0.29) is 18.0 Å². The van der Waals surface area contributed by atoms with Crippen LogP contribution in [0.25, 0.3) is 0 Å². The molecule has 1 aliphatic heterocycles. The van der Waals surface area contributed by atoms with Crippen LogP contribution in [-0.4, -0.2) is 65.1 Å². The van der Waals surface area contributed by atoms with Crippen molar-refractivity contribution in [2.24, 2.45) is 11.3 Å². The highest BCUT2D eigenvalue weighted by molar-refractivity contribution is 7.98. The number of hydrogen-bond donors (Lipinski definition) is 1. The average molecular weight is 316 g/mol. The number of piperidine rings is 1. The molecule has 2 amide bonds. The zero-order valence-electron chi connectivity index (χ0n) is 13.8. The van der Waals surface area contributed by atoms with Crippen LogP contribution in [0.1, 0.15) is 33.6 Å². The van der Waals surface area contributed by atoms with E-state index in [0.29, 0.717) is 6.54 Å². The van der Waals surface area contributed by atoms with Gasteiger partial charge >= 0.3 is 12.0 Å². The van der Waals surface area contributed by atoms with Gasteiger partial charge in [-0.15, -0.1) is 0 Å². The number of aliphatic carboxylic acids is 1. The third kappa shape index (κ3) is 4.28. The molecule has 0 saturated carbocycles. The molecule has 2 atom stereocenters. The number of amides is 2. The Hall–Kier alpha value is -0.910. The number of carbonyl (C=O) groups is 2. The highest BCUT2D eigenvalue weighted by atomic mass is 32.2. The smallest absolute Gasteiger partial charge is 0.320 e. The molecule has 1 heterocycles. The molecule has 0 spiro atoms. The monoisotopic (exact) mass is 316 g/mol. The Kier molecular flexibility index (Phi) is 6.38. The van der Waals surface area contributed by atoms with Gasteiger partial charge in [-0.3, -0.25) is 4.79 Å². The number of rotatable bonds is 5. The van der Waals surface area contributed by atoms with Crippen molar-refractivity contribution in [2.45, 2.75) is 39.7 Å². The van der Waals surface area contributed by atoms with Gasteiger partial charge in [0, 0.05) is 31.9 Å². The molecule has 0 aromatic heterocycles. The minimum absolute atomic E-state index is 0.0111. The zero-order valence-corrected chi connectivity index (χ0v) is 14.6. The molecular formula is C15H28N2O3S.